The van der Waals surface area contributed by atoms with E-state index in [0.717, 1.165) is 6.42 Å². The van der Waals surface area contributed by atoms with Crippen molar-refractivity contribution in [2.75, 3.05) is 13.2 Å². The number of carbonyl (C=O) groups is 3. The number of nitrogens with one attached hydrogen (secondary N) is 2. The second-order valence-corrected chi connectivity index (χ2v) is 9.58. The van der Waals surface area contributed by atoms with Crippen molar-refractivity contribution in [1.29, 1.82) is 0 Å². The molecule has 3 fully saturated rings. The number of carbonyl (C=O) groups excluding carboxylic acids is 3. The van der Waals surface area contributed by atoms with Crippen molar-refractivity contribution in [1.82, 2.24) is 15.5 Å². The Hall–Kier alpha value is -1.67. The van der Waals surface area contributed by atoms with Gasteiger partial charge in [-0.2, -0.15) is 0 Å². The summed E-state index contributed by atoms with van der Waals surface area (Å²) in [5.41, 5.74) is -1.48. The first-order valence-electron chi connectivity index (χ1n) is 10.8. The minimum Gasteiger partial charge on any atom is -0.394 e. The van der Waals surface area contributed by atoms with Crippen LogP contribution in [-0.2, 0) is 19.1 Å². The fraction of sp³-hybridized carbons (Fsp3) is 0.857. The summed E-state index contributed by atoms with van der Waals surface area (Å²) in [6.45, 7) is 9.82. The van der Waals surface area contributed by atoms with Gasteiger partial charge in [-0.05, 0) is 46.5 Å². The van der Waals surface area contributed by atoms with Crippen molar-refractivity contribution in [2.45, 2.75) is 89.6 Å². The molecule has 3 aliphatic rings. The lowest BCUT2D eigenvalue weighted by Crippen LogP contribution is -2.60. The van der Waals surface area contributed by atoms with Crippen molar-refractivity contribution < 1.29 is 24.2 Å². The van der Waals surface area contributed by atoms with E-state index in [4.69, 9.17) is 4.74 Å². The molecule has 3 rings (SSSR count). The molecule has 1 spiro atoms. The largest absolute Gasteiger partial charge is 0.394 e. The fourth-order valence-electron chi connectivity index (χ4n) is 5.30. The predicted molar refractivity (Wildman–Crippen MR) is 107 cm³/mol. The molecule has 8 heteroatoms. The number of hydrogen-bond donors (Lipinski definition) is 3. The van der Waals surface area contributed by atoms with Crippen LogP contribution in [0.2, 0.25) is 0 Å². The maximum absolute atomic E-state index is 13.6. The molecule has 3 heterocycles. The van der Waals surface area contributed by atoms with Gasteiger partial charge in [0.25, 0.3) is 0 Å². The Morgan fingerprint density at radius 2 is 2.00 bits per heavy atom. The summed E-state index contributed by atoms with van der Waals surface area (Å²) in [5.74, 6) is -1.98. The molecule has 29 heavy (non-hydrogen) atoms. The van der Waals surface area contributed by atoms with Crippen LogP contribution in [0.15, 0.2) is 0 Å². The normalized spacial score (nSPS) is 34.3. The molecule has 164 valence electrons. The number of likely N-dealkylation sites (tertiary alicyclic amines) is 1. The number of amides is 3. The van der Waals surface area contributed by atoms with Gasteiger partial charge in [0.2, 0.25) is 17.7 Å². The molecular weight excluding hydrogens is 374 g/mol. The molecule has 0 aromatic carbocycles. The highest BCUT2D eigenvalue weighted by molar-refractivity contribution is 5.99. The molecule has 3 saturated heterocycles. The zero-order chi connectivity index (χ0) is 21.6. The van der Waals surface area contributed by atoms with Gasteiger partial charge < -0.3 is 25.4 Å². The van der Waals surface area contributed by atoms with Gasteiger partial charge in [0.15, 0.2) is 0 Å². The summed E-state index contributed by atoms with van der Waals surface area (Å²) in [6.07, 6.45) is 2.19. The van der Waals surface area contributed by atoms with Crippen LogP contribution in [0.25, 0.3) is 0 Å². The van der Waals surface area contributed by atoms with E-state index in [1.54, 1.807) is 0 Å². The Bertz CT molecular complexity index is 672. The quantitative estimate of drug-likeness (QED) is 0.570. The van der Waals surface area contributed by atoms with E-state index in [0.29, 0.717) is 25.8 Å². The second kappa shape index (κ2) is 7.87. The van der Waals surface area contributed by atoms with Gasteiger partial charge in [-0.25, -0.2) is 0 Å². The number of aliphatic hydroxyl groups is 1. The van der Waals surface area contributed by atoms with Gasteiger partial charge in [0.05, 0.1) is 30.6 Å². The van der Waals surface area contributed by atoms with Gasteiger partial charge in [-0.1, -0.05) is 13.8 Å². The van der Waals surface area contributed by atoms with Gasteiger partial charge in [0.1, 0.15) is 11.6 Å². The van der Waals surface area contributed by atoms with E-state index >= 15 is 0 Å². The van der Waals surface area contributed by atoms with Crippen LogP contribution in [0.4, 0.5) is 0 Å². The summed E-state index contributed by atoms with van der Waals surface area (Å²) in [5, 5.41) is 15.8. The Kier molecular flexibility index (Phi) is 5.98. The lowest BCUT2D eigenvalue weighted by atomic mass is 9.70. The molecule has 8 nitrogen and oxygen atoms in total. The van der Waals surface area contributed by atoms with Gasteiger partial charge in [-0.15, -0.1) is 0 Å². The molecule has 3 N–H and O–H groups in total. The van der Waals surface area contributed by atoms with E-state index in [1.165, 1.54) is 4.90 Å². The monoisotopic (exact) mass is 409 g/mol. The van der Waals surface area contributed by atoms with E-state index in [1.807, 2.05) is 34.6 Å². The minimum atomic E-state index is -1.01. The molecule has 3 amide bonds. The van der Waals surface area contributed by atoms with E-state index in [9.17, 15) is 19.5 Å². The fourth-order valence-corrected chi connectivity index (χ4v) is 5.30. The molecule has 0 saturated carbocycles. The second-order valence-electron chi connectivity index (χ2n) is 9.58. The SMILES string of the molecule is CCCNC(=O)[C@@H]1[C@H]2C(=O)N([C@@H](CC)CO)C(C(=O)NC(C)(C)C)C23CC[C@H]1O3. The Morgan fingerprint density at radius 1 is 1.31 bits per heavy atom. The summed E-state index contributed by atoms with van der Waals surface area (Å²) in [7, 11) is 0. The zero-order valence-electron chi connectivity index (χ0n) is 18.2. The van der Waals surface area contributed by atoms with Crippen LogP contribution < -0.4 is 10.6 Å². The standard InChI is InChI=1S/C21H35N3O5/c1-6-10-22-17(26)14-13-8-9-21(29-13)15(14)19(28)24(12(7-2)11-25)16(21)18(27)23-20(3,4)5/h12-16,25H,6-11H2,1-5H3,(H,22,26)(H,23,27)/t12-,13+,14-,15-,16?,21?/m0/s1. The lowest BCUT2D eigenvalue weighted by molar-refractivity contribution is -0.146. The van der Waals surface area contributed by atoms with Crippen molar-refractivity contribution in [3.05, 3.63) is 0 Å². The van der Waals surface area contributed by atoms with Crippen molar-refractivity contribution in [2.24, 2.45) is 11.8 Å². The first-order chi connectivity index (χ1) is 13.6. The molecule has 2 bridgehead atoms. The first-order valence-corrected chi connectivity index (χ1v) is 10.8. The van der Waals surface area contributed by atoms with Gasteiger partial charge in [-0.3, -0.25) is 14.4 Å². The molecular formula is C21H35N3O5. The minimum absolute atomic E-state index is 0.175. The highest BCUT2D eigenvalue weighted by atomic mass is 16.5. The molecule has 0 aromatic rings. The third kappa shape index (κ3) is 3.54. The Morgan fingerprint density at radius 3 is 2.55 bits per heavy atom. The highest BCUT2D eigenvalue weighted by Crippen LogP contribution is 2.58. The number of fused-ring (bicyclic) bond motifs is 1. The van der Waals surface area contributed by atoms with Crippen LogP contribution in [0.3, 0.4) is 0 Å². The van der Waals surface area contributed by atoms with Crippen LogP contribution in [-0.4, -0.2) is 70.2 Å². The number of aliphatic hydroxyl groups excluding tert-OH is 1. The summed E-state index contributed by atoms with van der Waals surface area (Å²) in [4.78, 5) is 41.3. The summed E-state index contributed by atoms with van der Waals surface area (Å²) < 4.78 is 6.32. The number of hydrogen-bond acceptors (Lipinski definition) is 5. The molecule has 3 aliphatic heterocycles. The smallest absolute Gasteiger partial charge is 0.246 e. The number of nitrogens with zero attached hydrogens (tertiary/aromatic N) is 1. The number of ether oxygens (including phenoxy) is 1. The molecule has 0 aliphatic carbocycles. The molecule has 6 atom stereocenters. The summed E-state index contributed by atoms with van der Waals surface area (Å²) in [6, 6.07) is -1.33. The van der Waals surface area contributed by atoms with Gasteiger partial charge >= 0.3 is 0 Å². The lowest BCUT2D eigenvalue weighted by Gasteiger charge is -2.38. The Balaban J connectivity index is 2.01. The third-order valence-electron chi connectivity index (χ3n) is 6.41. The molecule has 2 unspecified atom stereocenters. The first kappa shape index (κ1) is 22.0. The maximum atomic E-state index is 13.6. The number of rotatable bonds is 7. The third-order valence-corrected chi connectivity index (χ3v) is 6.41. The highest BCUT2D eigenvalue weighted by Gasteiger charge is 2.75. The van der Waals surface area contributed by atoms with Crippen LogP contribution in [0.1, 0.15) is 60.3 Å². The average molecular weight is 410 g/mol. The zero-order valence-corrected chi connectivity index (χ0v) is 18.2. The van der Waals surface area contributed by atoms with Crippen LogP contribution in [0, 0.1) is 11.8 Å². The predicted octanol–water partition coefficient (Wildman–Crippen LogP) is 0.573. The van der Waals surface area contributed by atoms with E-state index in [-0.39, 0.29) is 30.4 Å². The van der Waals surface area contributed by atoms with Crippen LogP contribution in [0.5, 0.6) is 0 Å². The Labute approximate surface area is 172 Å². The molecule has 0 radical (unpaired) electrons. The summed E-state index contributed by atoms with van der Waals surface area (Å²) >= 11 is 0. The van der Waals surface area contributed by atoms with Crippen molar-refractivity contribution >= 4 is 17.7 Å². The van der Waals surface area contributed by atoms with Crippen LogP contribution >= 0.6 is 0 Å². The van der Waals surface area contributed by atoms with E-state index in [2.05, 4.69) is 10.6 Å². The molecule has 0 aromatic heterocycles. The topological polar surface area (TPSA) is 108 Å². The maximum Gasteiger partial charge on any atom is 0.246 e. The van der Waals surface area contributed by atoms with Crippen molar-refractivity contribution in [3.63, 3.8) is 0 Å². The van der Waals surface area contributed by atoms with E-state index < -0.39 is 35.1 Å². The van der Waals surface area contributed by atoms with Crippen molar-refractivity contribution in [3.8, 4) is 0 Å². The average Bonchev–Trinajstić information content (AvgIpc) is 3.27. The van der Waals surface area contributed by atoms with Gasteiger partial charge in [0, 0.05) is 12.1 Å².